The van der Waals surface area contributed by atoms with Gasteiger partial charge in [-0.25, -0.2) is 4.79 Å². The molecule has 5 atom stereocenters. The van der Waals surface area contributed by atoms with E-state index in [4.69, 9.17) is 5.73 Å². The van der Waals surface area contributed by atoms with E-state index in [0.717, 1.165) is 25.7 Å². The van der Waals surface area contributed by atoms with Crippen LogP contribution >= 0.6 is 0 Å². The number of carbonyl (C=O) groups is 6. The molecule has 1 aliphatic heterocycles. The molecule has 5 amide bonds. The summed E-state index contributed by atoms with van der Waals surface area (Å²) in [5.74, 6) is -2.52. The number of likely N-dealkylation sites (tertiary alicyclic amines) is 1. The maximum Gasteiger partial charge on any atom is 0.316 e. The van der Waals surface area contributed by atoms with Gasteiger partial charge in [0.2, 0.25) is 17.6 Å². The molecule has 0 aromatic carbocycles. The van der Waals surface area contributed by atoms with Gasteiger partial charge >= 0.3 is 6.03 Å². The van der Waals surface area contributed by atoms with E-state index < -0.39 is 59.1 Å². The molecule has 3 aliphatic rings. The number of primary amides is 1. The number of Topliss-reactive ketones (excluding diaryl/α,β-unsaturated/α-hetero) is 2. The monoisotopic (exact) mass is 575 g/mol. The Morgan fingerprint density at radius 1 is 0.902 bits per heavy atom. The molecule has 11 nitrogen and oxygen atoms in total. The summed E-state index contributed by atoms with van der Waals surface area (Å²) >= 11 is 0. The summed E-state index contributed by atoms with van der Waals surface area (Å²) in [7, 11) is 0. The van der Waals surface area contributed by atoms with Crippen molar-refractivity contribution in [2.75, 3.05) is 6.54 Å². The Kier molecular flexibility index (Phi) is 10.2. The smallest absolute Gasteiger partial charge is 0.316 e. The second-order valence-corrected chi connectivity index (χ2v) is 14.0. The van der Waals surface area contributed by atoms with Crippen molar-refractivity contribution in [2.45, 2.75) is 111 Å². The number of nitrogens with one attached hydrogen (secondary N) is 3. The maximum atomic E-state index is 14.1. The molecule has 3 rings (SSSR count). The number of carbonyl (C=O) groups excluding carboxylic acids is 6. The normalized spacial score (nSPS) is 23.1. The van der Waals surface area contributed by atoms with Crippen molar-refractivity contribution < 1.29 is 28.8 Å². The molecule has 5 N–H and O–H groups in total. The van der Waals surface area contributed by atoms with Crippen LogP contribution in [0.1, 0.15) is 87.0 Å². The Morgan fingerprint density at radius 3 is 1.98 bits per heavy atom. The molecule has 0 aromatic rings. The van der Waals surface area contributed by atoms with Crippen LogP contribution in [0.2, 0.25) is 0 Å². The van der Waals surface area contributed by atoms with Gasteiger partial charge in [0.1, 0.15) is 12.1 Å². The molecule has 0 aromatic heterocycles. The van der Waals surface area contributed by atoms with Gasteiger partial charge in [-0.15, -0.1) is 0 Å². The topological polar surface area (TPSA) is 168 Å². The van der Waals surface area contributed by atoms with E-state index in [9.17, 15) is 28.8 Å². The van der Waals surface area contributed by atoms with Crippen LogP contribution in [0.5, 0.6) is 0 Å². The highest BCUT2D eigenvalue weighted by Gasteiger charge is 2.47. The summed E-state index contributed by atoms with van der Waals surface area (Å²) in [6.45, 7) is 13.6. The summed E-state index contributed by atoms with van der Waals surface area (Å²) in [4.78, 5) is 79.2. The number of hydrogen-bond donors (Lipinski definition) is 4. The second kappa shape index (κ2) is 12.9. The van der Waals surface area contributed by atoms with Gasteiger partial charge in [-0.1, -0.05) is 61.3 Å². The summed E-state index contributed by atoms with van der Waals surface area (Å²) < 4.78 is 0. The van der Waals surface area contributed by atoms with Crippen molar-refractivity contribution in [1.29, 1.82) is 0 Å². The van der Waals surface area contributed by atoms with E-state index in [2.05, 4.69) is 16.0 Å². The Bertz CT molecular complexity index is 1040. The first kappa shape index (κ1) is 32.5. The zero-order valence-corrected chi connectivity index (χ0v) is 25.6. The number of ketones is 2. The zero-order chi connectivity index (χ0) is 30.8. The van der Waals surface area contributed by atoms with Crippen LogP contribution in [0, 0.1) is 35.0 Å². The van der Waals surface area contributed by atoms with Crippen molar-refractivity contribution >= 4 is 35.3 Å². The average Bonchev–Trinajstić information content (AvgIpc) is 3.81. The highest BCUT2D eigenvalue weighted by atomic mass is 16.2. The summed E-state index contributed by atoms with van der Waals surface area (Å²) in [6, 6.07) is -4.14. The van der Waals surface area contributed by atoms with Crippen LogP contribution in [0.25, 0.3) is 0 Å². The molecular formula is C30H49N5O6. The third kappa shape index (κ3) is 8.52. The number of nitrogens with two attached hydrogens (primary N) is 1. The van der Waals surface area contributed by atoms with Crippen LogP contribution < -0.4 is 21.7 Å². The number of amides is 5. The third-order valence-corrected chi connectivity index (χ3v) is 8.63. The molecule has 230 valence electrons. The minimum absolute atomic E-state index is 0.0103. The maximum absolute atomic E-state index is 14.1. The Morgan fingerprint density at radius 2 is 1.51 bits per heavy atom. The van der Waals surface area contributed by atoms with Crippen LogP contribution in [-0.4, -0.2) is 70.9 Å². The molecule has 41 heavy (non-hydrogen) atoms. The van der Waals surface area contributed by atoms with E-state index in [1.165, 1.54) is 4.90 Å². The molecule has 2 saturated carbocycles. The number of urea groups is 1. The van der Waals surface area contributed by atoms with E-state index in [0.29, 0.717) is 19.4 Å². The minimum Gasteiger partial charge on any atom is -0.363 e. The third-order valence-electron chi connectivity index (χ3n) is 8.63. The molecule has 2 aliphatic carbocycles. The Labute approximate surface area is 243 Å². The minimum atomic E-state index is -1.10. The molecule has 1 saturated heterocycles. The number of hydrogen-bond acceptors (Lipinski definition) is 6. The molecule has 0 bridgehead atoms. The lowest BCUT2D eigenvalue weighted by Crippen LogP contribution is -2.61. The lowest BCUT2D eigenvalue weighted by atomic mass is 9.85. The molecule has 1 unspecified atom stereocenters. The predicted molar refractivity (Wildman–Crippen MR) is 153 cm³/mol. The first-order valence-electron chi connectivity index (χ1n) is 15.1. The van der Waals surface area contributed by atoms with Gasteiger partial charge in [0.15, 0.2) is 5.78 Å². The molecule has 1 heterocycles. The molecular weight excluding hydrogens is 526 g/mol. The van der Waals surface area contributed by atoms with Crippen molar-refractivity contribution in [1.82, 2.24) is 20.9 Å². The van der Waals surface area contributed by atoms with Crippen LogP contribution in [0.3, 0.4) is 0 Å². The number of rotatable bonds is 13. The lowest BCUT2D eigenvalue weighted by Gasteiger charge is -2.36. The Hall–Kier alpha value is -2.98. The van der Waals surface area contributed by atoms with Gasteiger partial charge in [-0.3, -0.25) is 24.0 Å². The van der Waals surface area contributed by atoms with Gasteiger partial charge in [0.05, 0.1) is 12.1 Å². The van der Waals surface area contributed by atoms with Crippen LogP contribution in [0.4, 0.5) is 4.79 Å². The van der Waals surface area contributed by atoms with Gasteiger partial charge in [0.25, 0.3) is 5.91 Å². The summed E-state index contributed by atoms with van der Waals surface area (Å²) in [5, 5.41) is 8.31. The SMILES string of the molecule is CC(C)[C@@H]1C[C@@H](C(=O)NC(CC2CC2)C(=O)C(N)=O)N(C(=O)[C@@H](NC(=O)N[C@H](C(=O)C2CC2)C(C)C)C(C)(C)C)C1. The largest absolute Gasteiger partial charge is 0.363 e. The molecule has 3 fully saturated rings. The van der Waals surface area contributed by atoms with Gasteiger partial charge in [-0.2, -0.15) is 0 Å². The van der Waals surface area contributed by atoms with E-state index in [1.54, 1.807) is 0 Å². The summed E-state index contributed by atoms with van der Waals surface area (Å²) in [6.07, 6.45) is 4.24. The highest BCUT2D eigenvalue weighted by molar-refractivity contribution is 6.37. The van der Waals surface area contributed by atoms with Gasteiger partial charge in [-0.05, 0) is 54.8 Å². The van der Waals surface area contributed by atoms with Crippen molar-refractivity contribution in [2.24, 2.45) is 40.7 Å². The summed E-state index contributed by atoms with van der Waals surface area (Å²) in [5.41, 5.74) is 4.54. The predicted octanol–water partition coefficient (Wildman–Crippen LogP) is 1.92. The fraction of sp³-hybridized carbons (Fsp3) is 0.800. The van der Waals surface area contributed by atoms with Crippen LogP contribution in [-0.2, 0) is 24.0 Å². The van der Waals surface area contributed by atoms with Crippen molar-refractivity contribution in [3.63, 3.8) is 0 Å². The fourth-order valence-electron chi connectivity index (χ4n) is 5.52. The zero-order valence-electron chi connectivity index (χ0n) is 25.6. The number of nitrogens with zero attached hydrogens (tertiary/aromatic N) is 1. The Balaban J connectivity index is 1.79. The first-order valence-corrected chi connectivity index (χ1v) is 15.1. The quantitative estimate of drug-likeness (QED) is 0.245. The van der Waals surface area contributed by atoms with Crippen molar-refractivity contribution in [3.05, 3.63) is 0 Å². The lowest BCUT2D eigenvalue weighted by molar-refractivity contribution is -0.143. The fourth-order valence-corrected chi connectivity index (χ4v) is 5.52. The van der Waals surface area contributed by atoms with Gasteiger partial charge < -0.3 is 26.6 Å². The second-order valence-electron chi connectivity index (χ2n) is 14.0. The highest BCUT2D eigenvalue weighted by Crippen LogP contribution is 2.35. The van der Waals surface area contributed by atoms with Crippen molar-refractivity contribution in [3.8, 4) is 0 Å². The van der Waals surface area contributed by atoms with E-state index in [-0.39, 0.29) is 35.4 Å². The average molecular weight is 576 g/mol. The van der Waals surface area contributed by atoms with Gasteiger partial charge in [0, 0.05) is 12.5 Å². The first-order chi connectivity index (χ1) is 19.0. The standard InChI is InChI=1S/C30H49N5O6/c1-15(2)19-13-21(27(39)32-20(12-17-8-9-17)24(37)26(31)38)35(14-19)28(40)25(30(5,6)7)34-29(41)33-22(16(3)4)23(36)18-10-11-18/h15-22,25H,8-14H2,1-7H3,(H2,31,38)(H,32,39)(H2,33,34,41)/t19-,20?,21+,22+,25-/m1/s1. The molecule has 0 radical (unpaired) electrons. The van der Waals surface area contributed by atoms with E-state index in [1.807, 2.05) is 48.5 Å². The van der Waals surface area contributed by atoms with Crippen LogP contribution in [0.15, 0.2) is 0 Å². The van der Waals surface area contributed by atoms with E-state index >= 15 is 0 Å². The molecule has 11 heteroatoms. The molecule has 0 spiro atoms.